The number of benzene rings is 1. The number of carbonyl (C=O) groups is 2. The Hall–Kier alpha value is -2.04. The molecule has 0 radical (unpaired) electrons. The first-order valence-electron chi connectivity index (χ1n) is 12.6. The summed E-state index contributed by atoms with van der Waals surface area (Å²) in [6.45, 7) is 9.25. The van der Waals surface area contributed by atoms with Gasteiger partial charge in [0.2, 0.25) is 11.8 Å². The molecule has 4 bridgehead atoms. The van der Waals surface area contributed by atoms with E-state index in [1.165, 1.54) is 19.3 Å². The van der Waals surface area contributed by atoms with Crippen molar-refractivity contribution in [2.75, 3.05) is 23.4 Å². The number of carbonyl (C=O) groups excluding carboxylic acids is 2. The fourth-order valence-electron chi connectivity index (χ4n) is 6.99. The molecule has 4 saturated carbocycles. The number of nitrogens with one attached hydrogen (secondary N) is 1. The first-order chi connectivity index (χ1) is 15.1. The molecule has 0 aromatic heterocycles. The lowest BCUT2D eigenvalue weighted by molar-refractivity contribution is -0.140. The maximum Gasteiger partial charge on any atom is 0.236 e. The van der Waals surface area contributed by atoms with Crippen LogP contribution in [-0.4, -0.2) is 25.0 Å². The van der Waals surface area contributed by atoms with Crippen LogP contribution in [0.15, 0.2) is 18.2 Å². The quantitative estimate of drug-likeness (QED) is 0.647. The number of fused-ring (bicyclic) bond motifs is 1. The predicted octanol–water partition coefficient (Wildman–Crippen LogP) is 5.64. The van der Waals surface area contributed by atoms with Gasteiger partial charge in [0.15, 0.2) is 0 Å². The van der Waals surface area contributed by atoms with Gasteiger partial charge in [0.25, 0.3) is 0 Å². The van der Waals surface area contributed by atoms with Gasteiger partial charge in [-0.25, -0.2) is 0 Å². The highest BCUT2D eigenvalue weighted by atomic mass is 16.5. The molecule has 2 amide bonds. The molecular formula is C27H38N2O3. The highest BCUT2D eigenvalue weighted by molar-refractivity contribution is 6.00. The van der Waals surface area contributed by atoms with Crippen molar-refractivity contribution >= 4 is 23.2 Å². The normalized spacial score (nSPS) is 32.5. The second kappa shape index (κ2) is 7.78. The highest BCUT2D eigenvalue weighted by Gasteiger charge is 2.54. The Morgan fingerprint density at radius 3 is 2.34 bits per heavy atom. The molecule has 4 aliphatic carbocycles. The van der Waals surface area contributed by atoms with Crippen molar-refractivity contribution in [2.24, 2.45) is 34.5 Å². The van der Waals surface area contributed by atoms with E-state index in [-0.39, 0.29) is 17.2 Å². The van der Waals surface area contributed by atoms with Gasteiger partial charge < -0.3 is 15.0 Å². The fraction of sp³-hybridized carbons (Fsp3) is 0.704. The predicted molar refractivity (Wildman–Crippen MR) is 127 cm³/mol. The van der Waals surface area contributed by atoms with E-state index in [9.17, 15) is 9.59 Å². The smallest absolute Gasteiger partial charge is 0.236 e. The number of rotatable bonds is 5. The largest absolute Gasteiger partial charge is 0.490 e. The van der Waals surface area contributed by atoms with E-state index in [1.807, 2.05) is 36.9 Å². The second-order valence-electron chi connectivity index (χ2n) is 12.1. The lowest BCUT2D eigenvalue weighted by atomic mass is 9.49. The third kappa shape index (κ3) is 3.82. The lowest BCUT2D eigenvalue weighted by Gasteiger charge is -2.55. The number of ether oxygens (including phenoxy) is 1. The molecule has 0 atom stereocenters. The van der Waals surface area contributed by atoms with Crippen LogP contribution < -0.4 is 15.0 Å². The van der Waals surface area contributed by atoms with Gasteiger partial charge in [-0.15, -0.1) is 0 Å². The van der Waals surface area contributed by atoms with Crippen LogP contribution in [0.5, 0.6) is 5.75 Å². The second-order valence-corrected chi connectivity index (χ2v) is 12.1. The van der Waals surface area contributed by atoms with Gasteiger partial charge in [0, 0.05) is 18.3 Å². The first-order valence-corrected chi connectivity index (χ1v) is 12.6. The molecular weight excluding hydrogens is 400 g/mol. The van der Waals surface area contributed by atoms with Crippen LogP contribution in [0.3, 0.4) is 0 Å². The van der Waals surface area contributed by atoms with Gasteiger partial charge in [0.1, 0.15) is 12.4 Å². The topological polar surface area (TPSA) is 58.6 Å². The minimum Gasteiger partial charge on any atom is -0.490 e. The van der Waals surface area contributed by atoms with Crippen molar-refractivity contribution in [1.29, 1.82) is 0 Å². The average molecular weight is 439 g/mol. The molecule has 6 rings (SSSR count). The van der Waals surface area contributed by atoms with Gasteiger partial charge in [0.05, 0.1) is 16.5 Å². The van der Waals surface area contributed by atoms with E-state index in [0.717, 1.165) is 54.8 Å². The zero-order chi connectivity index (χ0) is 22.7. The van der Waals surface area contributed by atoms with Gasteiger partial charge >= 0.3 is 0 Å². The van der Waals surface area contributed by atoms with Crippen LogP contribution in [-0.2, 0) is 9.59 Å². The van der Waals surface area contributed by atoms with Crippen molar-refractivity contribution in [3.8, 4) is 5.75 Å². The summed E-state index contributed by atoms with van der Waals surface area (Å²) in [5.41, 5.74) is 0.830. The summed E-state index contributed by atoms with van der Waals surface area (Å²) >= 11 is 0. The minimum atomic E-state index is -0.585. The third-order valence-corrected chi connectivity index (χ3v) is 8.37. The minimum absolute atomic E-state index is 0.0993. The number of hydrogen-bond acceptors (Lipinski definition) is 3. The van der Waals surface area contributed by atoms with E-state index in [0.29, 0.717) is 24.8 Å². The summed E-state index contributed by atoms with van der Waals surface area (Å²) in [5.74, 6) is 3.72. The SMILES string of the molecule is CC(C)CCN1C(=O)C(C)(C)COc2cc(NC(=O)C34CC5CC(CC(C5)C3)C4)ccc21. The standard InChI is InChI=1S/C27H38N2O3/c1-17(2)7-8-29-22-6-5-21(12-23(22)32-16-26(3,4)25(29)31)28-24(30)27-13-18-9-19(14-27)11-20(10-18)15-27/h5-6,12,17-20H,7-11,13-16H2,1-4H3,(H,28,30). The van der Waals surface area contributed by atoms with Crippen LogP contribution in [0.4, 0.5) is 11.4 Å². The van der Waals surface area contributed by atoms with Gasteiger partial charge in [-0.2, -0.15) is 0 Å². The molecule has 1 N–H and O–H groups in total. The number of amides is 2. The number of hydrogen-bond donors (Lipinski definition) is 1. The van der Waals surface area contributed by atoms with Crippen LogP contribution in [0.1, 0.15) is 72.6 Å². The van der Waals surface area contributed by atoms with Crippen molar-refractivity contribution in [1.82, 2.24) is 0 Å². The van der Waals surface area contributed by atoms with Crippen molar-refractivity contribution in [3.05, 3.63) is 18.2 Å². The van der Waals surface area contributed by atoms with E-state index < -0.39 is 5.41 Å². The summed E-state index contributed by atoms with van der Waals surface area (Å²) in [4.78, 5) is 28.6. The molecule has 1 aromatic carbocycles. The molecule has 0 unspecified atom stereocenters. The summed E-state index contributed by atoms with van der Waals surface area (Å²) < 4.78 is 6.13. The molecule has 1 heterocycles. The monoisotopic (exact) mass is 438 g/mol. The van der Waals surface area contributed by atoms with Gasteiger partial charge in [-0.3, -0.25) is 9.59 Å². The molecule has 1 aliphatic heterocycles. The molecule has 32 heavy (non-hydrogen) atoms. The van der Waals surface area contributed by atoms with E-state index in [4.69, 9.17) is 4.74 Å². The zero-order valence-corrected chi connectivity index (χ0v) is 20.1. The Balaban J connectivity index is 1.38. The van der Waals surface area contributed by atoms with Crippen molar-refractivity contribution in [2.45, 2.75) is 72.6 Å². The third-order valence-electron chi connectivity index (χ3n) is 8.37. The Kier molecular flexibility index (Phi) is 5.29. The summed E-state index contributed by atoms with van der Waals surface area (Å²) in [7, 11) is 0. The Labute approximate surface area is 192 Å². The van der Waals surface area contributed by atoms with Crippen LogP contribution in [0, 0.1) is 34.5 Å². The molecule has 4 fully saturated rings. The maximum atomic E-state index is 13.5. The van der Waals surface area contributed by atoms with Crippen molar-refractivity contribution < 1.29 is 14.3 Å². The van der Waals surface area contributed by atoms with E-state index >= 15 is 0 Å². The summed E-state index contributed by atoms with van der Waals surface area (Å²) in [6.07, 6.45) is 8.08. The van der Waals surface area contributed by atoms with Crippen LogP contribution in [0.25, 0.3) is 0 Å². The highest BCUT2D eigenvalue weighted by Crippen LogP contribution is 2.60. The Morgan fingerprint density at radius 1 is 1.12 bits per heavy atom. The van der Waals surface area contributed by atoms with Crippen LogP contribution >= 0.6 is 0 Å². The maximum absolute atomic E-state index is 13.5. The molecule has 0 saturated heterocycles. The van der Waals surface area contributed by atoms with Gasteiger partial charge in [-0.05, 0) is 94.6 Å². The van der Waals surface area contributed by atoms with Gasteiger partial charge in [-0.1, -0.05) is 13.8 Å². The molecule has 5 nitrogen and oxygen atoms in total. The molecule has 1 aromatic rings. The lowest BCUT2D eigenvalue weighted by Crippen LogP contribution is -2.51. The Morgan fingerprint density at radius 2 is 1.75 bits per heavy atom. The average Bonchev–Trinajstić information content (AvgIpc) is 2.80. The summed E-state index contributed by atoms with van der Waals surface area (Å²) in [5, 5.41) is 3.24. The zero-order valence-electron chi connectivity index (χ0n) is 20.1. The molecule has 0 spiro atoms. The van der Waals surface area contributed by atoms with E-state index in [2.05, 4.69) is 19.2 Å². The van der Waals surface area contributed by atoms with E-state index in [1.54, 1.807) is 0 Å². The van der Waals surface area contributed by atoms with Crippen LogP contribution in [0.2, 0.25) is 0 Å². The fourth-order valence-corrected chi connectivity index (χ4v) is 6.99. The number of anilines is 2. The first kappa shape index (κ1) is 21.8. The molecule has 174 valence electrons. The number of nitrogens with zero attached hydrogens (tertiary/aromatic N) is 1. The Bertz CT molecular complexity index is 884. The summed E-state index contributed by atoms with van der Waals surface area (Å²) in [6, 6.07) is 5.81. The molecule has 5 heteroatoms. The molecule has 5 aliphatic rings. The van der Waals surface area contributed by atoms with Crippen molar-refractivity contribution in [3.63, 3.8) is 0 Å².